The number of thiocarbonyl (C=S) groups is 2. The van der Waals surface area contributed by atoms with Crippen molar-refractivity contribution in [2.75, 3.05) is 11.4 Å². The number of hydrogen-bond acceptors (Lipinski definition) is 4. The molecular weight excluding hydrogens is 467 g/mol. The Kier molecular flexibility index (Phi) is 7.17. The summed E-state index contributed by atoms with van der Waals surface area (Å²) >= 11 is 10.3. The van der Waals surface area contributed by atoms with Gasteiger partial charge in [-0.2, -0.15) is 18.4 Å². The van der Waals surface area contributed by atoms with Crippen molar-refractivity contribution in [3.8, 4) is 6.07 Å². The summed E-state index contributed by atoms with van der Waals surface area (Å²) in [6.45, 7) is 6.19. The third-order valence-electron chi connectivity index (χ3n) is 5.17. The van der Waals surface area contributed by atoms with Crippen LogP contribution in [0.1, 0.15) is 49.2 Å². The maximum Gasteiger partial charge on any atom is 0.417 e. The quantitative estimate of drug-likeness (QED) is 0.583. The molecule has 0 radical (unpaired) electrons. The molecule has 10 heteroatoms. The lowest BCUT2D eigenvalue weighted by Crippen LogP contribution is -2.42. The third-order valence-corrected chi connectivity index (χ3v) is 5.68. The molecule has 1 saturated heterocycles. The summed E-state index contributed by atoms with van der Waals surface area (Å²) in [5.74, 6) is 0.454. The molecule has 0 amide bonds. The molecule has 2 N–H and O–H groups in total. The predicted octanol–water partition coefficient (Wildman–Crippen LogP) is 5.10. The third kappa shape index (κ3) is 5.21. The van der Waals surface area contributed by atoms with E-state index in [0.29, 0.717) is 12.4 Å². The molecule has 5 nitrogen and oxygen atoms in total. The molecule has 2 aromatic carbocycles. The Morgan fingerprint density at radius 1 is 1.27 bits per heavy atom. The minimum atomic E-state index is -4.68. The van der Waals surface area contributed by atoms with Crippen LogP contribution in [0.5, 0.6) is 0 Å². The Hall–Kier alpha value is -2.87. The van der Waals surface area contributed by atoms with E-state index in [2.05, 4.69) is 15.6 Å². The van der Waals surface area contributed by atoms with Crippen LogP contribution < -0.4 is 15.5 Å². The second-order valence-corrected chi connectivity index (χ2v) is 8.56. The number of benzene rings is 2. The maximum absolute atomic E-state index is 13.7. The highest BCUT2D eigenvalue weighted by Gasteiger charge is 2.45. The van der Waals surface area contributed by atoms with Crippen LogP contribution in [-0.2, 0) is 6.18 Å². The first-order valence-electron chi connectivity index (χ1n) is 10.1. The second-order valence-electron chi connectivity index (χ2n) is 7.94. The van der Waals surface area contributed by atoms with E-state index in [0.717, 1.165) is 17.2 Å². The summed E-state index contributed by atoms with van der Waals surface area (Å²) < 4.78 is 41.1. The predicted molar refractivity (Wildman–Crippen MR) is 132 cm³/mol. The normalized spacial score (nSPS) is 18.8. The Bertz CT molecular complexity index is 1130. The molecule has 1 aliphatic rings. The topological polar surface area (TPSA) is 63.5 Å². The van der Waals surface area contributed by atoms with Crippen LogP contribution in [0.3, 0.4) is 0 Å². The lowest BCUT2D eigenvalue weighted by atomic mass is 10.0. The van der Waals surface area contributed by atoms with Gasteiger partial charge < -0.3 is 10.2 Å². The number of anilines is 1. The number of amidine groups is 1. The number of aliphatic imine (C=N–C) groups is 1. The van der Waals surface area contributed by atoms with Gasteiger partial charge in [0.25, 0.3) is 0 Å². The van der Waals surface area contributed by atoms with Crippen LogP contribution in [0.2, 0.25) is 0 Å². The first-order chi connectivity index (χ1) is 15.5. The highest BCUT2D eigenvalue weighted by atomic mass is 32.1. The summed E-state index contributed by atoms with van der Waals surface area (Å²) in [4.78, 5) is 6.24. The molecule has 0 aliphatic carbocycles. The zero-order valence-electron chi connectivity index (χ0n) is 18.2. The number of halogens is 3. The van der Waals surface area contributed by atoms with Crippen LogP contribution in [-0.4, -0.2) is 28.4 Å². The van der Waals surface area contributed by atoms with Crippen LogP contribution in [0.4, 0.5) is 18.9 Å². The van der Waals surface area contributed by atoms with Gasteiger partial charge in [0, 0.05) is 17.6 Å². The molecule has 3 rings (SSSR count). The summed E-state index contributed by atoms with van der Waals surface area (Å²) in [5.41, 5.74) is -0.281. The summed E-state index contributed by atoms with van der Waals surface area (Å²) in [7, 11) is 0. The largest absolute Gasteiger partial charge is 0.417 e. The second kappa shape index (κ2) is 9.55. The molecule has 172 valence electrons. The van der Waals surface area contributed by atoms with Crippen LogP contribution in [0, 0.1) is 11.3 Å². The van der Waals surface area contributed by atoms with Crippen molar-refractivity contribution in [2.45, 2.75) is 38.7 Å². The maximum atomic E-state index is 13.7. The molecule has 0 spiro atoms. The molecule has 0 aromatic heterocycles. The fraction of sp³-hybridized carbons (Fsp3) is 0.304. The van der Waals surface area contributed by atoms with Gasteiger partial charge in [-0.25, -0.2) is 4.99 Å². The zero-order valence-corrected chi connectivity index (χ0v) is 19.8. The van der Waals surface area contributed by atoms with E-state index >= 15 is 0 Å². The molecule has 33 heavy (non-hydrogen) atoms. The van der Waals surface area contributed by atoms with Gasteiger partial charge in [0.1, 0.15) is 12.0 Å². The SMILES string of the molecule is CCNC(=S)/N=C1/N(c2ccc(C#N)c(C(F)(F)F)c2)C(c2ccc(C=S)cc2)NC1(C)C. The van der Waals surface area contributed by atoms with E-state index in [1.54, 1.807) is 16.3 Å². The highest BCUT2D eigenvalue weighted by Crippen LogP contribution is 2.40. The first kappa shape index (κ1) is 24.8. The number of nitrogens with zero attached hydrogens (tertiary/aromatic N) is 3. The molecule has 1 unspecified atom stereocenters. The lowest BCUT2D eigenvalue weighted by Gasteiger charge is -2.28. The summed E-state index contributed by atoms with van der Waals surface area (Å²) in [5, 5.41) is 17.4. The van der Waals surface area contributed by atoms with E-state index in [-0.39, 0.29) is 10.8 Å². The molecule has 0 saturated carbocycles. The van der Waals surface area contributed by atoms with Gasteiger partial charge in [0.15, 0.2) is 5.11 Å². The number of alkyl halides is 3. The van der Waals surface area contributed by atoms with Crippen molar-refractivity contribution in [3.63, 3.8) is 0 Å². The van der Waals surface area contributed by atoms with Gasteiger partial charge in [0.2, 0.25) is 0 Å². The van der Waals surface area contributed by atoms with Crippen molar-refractivity contribution >= 4 is 46.4 Å². The standard InChI is InChI=1S/C23H22F3N5S2/c1-4-28-21(33)29-20-22(2,3)30-19(15-7-5-14(13-32)6-8-15)31(20)17-10-9-16(12-27)18(11-17)23(24,25)26/h5-11,13,19,30H,4H2,1-3H3,(H,28,33)/b29-20+. The van der Waals surface area contributed by atoms with E-state index < -0.39 is 29.0 Å². The van der Waals surface area contributed by atoms with Crippen LogP contribution in [0.25, 0.3) is 0 Å². The molecular formula is C23H22F3N5S2. The van der Waals surface area contributed by atoms with Gasteiger partial charge in [-0.1, -0.05) is 36.5 Å². The number of nitrogens with one attached hydrogen (secondary N) is 2. The molecule has 0 bridgehead atoms. The smallest absolute Gasteiger partial charge is 0.361 e. The average molecular weight is 490 g/mol. The number of nitriles is 1. The zero-order chi connectivity index (χ0) is 24.4. The summed E-state index contributed by atoms with van der Waals surface area (Å²) in [6.07, 6.45) is -5.22. The van der Waals surface area contributed by atoms with Crippen LogP contribution in [0.15, 0.2) is 47.5 Å². The Morgan fingerprint density at radius 3 is 2.48 bits per heavy atom. The molecule has 1 fully saturated rings. The Labute approximate surface area is 201 Å². The van der Waals surface area contributed by atoms with Crippen molar-refractivity contribution in [3.05, 3.63) is 64.7 Å². The number of rotatable bonds is 4. The number of hydrogen-bond donors (Lipinski definition) is 2. The fourth-order valence-electron chi connectivity index (χ4n) is 3.65. The average Bonchev–Trinajstić information content (AvgIpc) is 3.03. The van der Waals surface area contributed by atoms with E-state index in [4.69, 9.17) is 24.4 Å². The molecule has 1 heterocycles. The molecule has 2 aromatic rings. The van der Waals surface area contributed by atoms with Crippen molar-refractivity contribution < 1.29 is 13.2 Å². The van der Waals surface area contributed by atoms with Gasteiger partial charge in [0.05, 0.1) is 22.7 Å². The van der Waals surface area contributed by atoms with Crippen molar-refractivity contribution in [1.82, 2.24) is 10.6 Å². The van der Waals surface area contributed by atoms with Gasteiger partial charge >= 0.3 is 6.18 Å². The molecule has 1 atom stereocenters. The van der Waals surface area contributed by atoms with E-state index in [1.165, 1.54) is 12.1 Å². The monoisotopic (exact) mass is 489 g/mol. The first-order valence-corrected chi connectivity index (χ1v) is 11.0. The van der Waals surface area contributed by atoms with Crippen molar-refractivity contribution in [1.29, 1.82) is 5.26 Å². The van der Waals surface area contributed by atoms with Crippen LogP contribution >= 0.6 is 24.4 Å². The fourth-order valence-corrected chi connectivity index (χ4v) is 4.04. The van der Waals surface area contributed by atoms with E-state index in [1.807, 2.05) is 45.0 Å². The Morgan fingerprint density at radius 2 is 1.94 bits per heavy atom. The minimum absolute atomic E-state index is 0.230. The Balaban J connectivity index is 2.22. The molecule has 1 aliphatic heterocycles. The lowest BCUT2D eigenvalue weighted by molar-refractivity contribution is -0.137. The highest BCUT2D eigenvalue weighted by molar-refractivity contribution is 7.80. The van der Waals surface area contributed by atoms with Gasteiger partial charge in [-0.15, -0.1) is 0 Å². The van der Waals surface area contributed by atoms with Crippen molar-refractivity contribution in [2.24, 2.45) is 4.99 Å². The van der Waals surface area contributed by atoms with Gasteiger partial charge in [-0.3, -0.25) is 5.32 Å². The minimum Gasteiger partial charge on any atom is -0.361 e. The summed E-state index contributed by atoms with van der Waals surface area (Å²) in [6, 6.07) is 12.7. The van der Waals surface area contributed by atoms with Gasteiger partial charge in [-0.05, 0) is 62.3 Å². The van der Waals surface area contributed by atoms with E-state index in [9.17, 15) is 18.4 Å².